The molecule has 17 heavy (non-hydrogen) atoms. The van der Waals surface area contributed by atoms with Gasteiger partial charge in [0.2, 0.25) is 5.84 Å². The van der Waals surface area contributed by atoms with E-state index < -0.39 is 10.2 Å². The standard InChI is InChI=1S/C9H10N4O3S/c1-13(7-3-5-10-6-4-7)8-9(16-2)12-17(14,15)11-8/h3-6H,1-2H3. The molecule has 0 fully saturated rings. The summed E-state index contributed by atoms with van der Waals surface area (Å²) in [5, 5.41) is 0. The van der Waals surface area contributed by atoms with E-state index in [-0.39, 0.29) is 11.7 Å². The van der Waals surface area contributed by atoms with Gasteiger partial charge in [0.05, 0.1) is 7.11 Å². The number of nitrogens with zero attached hydrogens (tertiary/aromatic N) is 4. The van der Waals surface area contributed by atoms with Gasteiger partial charge >= 0.3 is 10.2 Å². The summed E-state index contributed by atoms with van der Waals surface area (Å²) in [6, 6.07) is 3.45. The van der Waals surface area contributed by atoms with E-state index in [4.69, 9.17) is 4.74 Å². The predicted octanol–water partition coefficient (Wildman–Crippen LogP) is 0.220. The van der Waals surface area contributed by atoms with Crippen molar-refractivity contribution in [2.24, 2.45) is 8.80 Å². The number of pyridine rings is 1. The zero-order chi connectivity index (χ0) is 12.5. The summed E-state index contributed by atoms with van der Waals surface area (Å²) in [4.78, 5) is 5.44. The maximum Gasteiger partial charge on any atom is 0.368 e. The van der Waals surface area contributed by atoms with Gasteiger partial charge in [0.25, 0.3) is 5.90 Å². The fourth-order valence-electron chi connectivity index (χ4n) is 1.34. The van der Waals surface area contributed by atoms with Gasteiger partial charge in [-0.3, -0.25) is 4.98 Å². The highest BCUT2D eigenvalue weighted by molar-refractivity contribution is 7.89. The molecule has 0 unspecified atom stereocenters. The molecule has 2 heterocycles. The fourth-order valence-corrected chi connectivity index (χ4v) is 2.16. The summed E-state index contributed by atoms with van der Waals surface area (Å²) in [7, 11) is -0.803. The average Bonchev–Trinajstić information content (AvgIpc) is 2.65. The Balaban J connectivity index is 2.40. The van der Waals surface area contributed by atoms with Gasteiger partial charge in [0, 0.05) is 25.1 Å². The topological polar surface area (TPSA) is 84.2 Å². The molecule has 7 nitrogen and oxygen atoms in total. The maximum atomic E-state index is 11.3. The van der Waals surface area contributed by atoms with Crippen LogP contribution < -0.4 is 4.90 Å². The summed E-state index contributed by atoms with van der Waals surface area (Å²) in [6.45, 7) is 0. The molecule has 1 aromatic rings. The van der Waals surface area contributed by atoms with Gasteiger partial charge in [0.15, 0.2) is 0 Å². The van der Waals surface area contributed by atoms with Crippen LogP contribution in [-0.2, 0) is 14.9 Å². The Morgan fingerprint density at radius 1 is 1.24 bits per heavy atom. The molecule has 0 aliphatic carbocycles. The summed E-state index contributed by atoms with van der Waals surface area (Å²) >= 11 is 0. The van der Waals surface area contributed by atoms with E-state index in [0.717, 1.165) is 5.69 Å². The SMILES string of the molecule is COC1=NS(=O)(=O)N=C1N(C)c1ccncc1. The first-order valence-electron chi connectivity index (χ1n) is 4.66. The van der Waals surface area contributed by atoms with Gasteiger partial charge in [-0.2, -0.15) is 8.42 Å². The van der Waals surface area contributed by atoms with Crippen molar-refractivity contribution in [3.63, 3.8) is 0 Å². The van der Waals surface area contributed by atoms with E-state index in [2.05, 4.69) is 13.8 Å². The number of likely N-dealkylation sites (N-methyl/N-ethyl adjacent to an activating group) is 1. The van der Waals surface area contributed by atoms with E-state index in [1.54, 1.807) is 36.5 Å². The number of hydrogen-bond donors (Lipinski definition) is 0. The zero-order valence-electron chi connectivity index (χ0n) is 9.23. The van der Waals surface area contributed by atoms with Crippen molar-refractivity contribution in [3.05, 3.63) is 24.5 Å². The van der Waals surface area contributed by atoms with Crippen LogP contribution in [0.1, 0.15) is 0 Å². The van der Waals surface area contributed by atoms with Crippen LogP contribution in [0.25, 0.3) is 0 Å². The number of amidine groups is 1. The molecule has 0 saturated heterocycles. The third-order valence-electron chi connectivity index (χ3n) is 2.15. The Morgan fingerprint density at radius 3 is 2.47 bits per heavy atom. The fraction of sp³-hybridized carbons (Fsp3) is 0.222. The molecule has 8 heteroatoms. The Morgan fingerprint density at radius 2 is 1.88 bits per heavy atom. The molecular formula is C9H10N4O3S. The largest absolute Gasteiger partial charge is 0.478 e. The molecule has 2 rings (SSSR count). The molecule has 1 aliphatic rings. The number of anilines is 1. The third-order valence-corrected chi connectivity index (χ3v) is 2.95. The Labute approximate surface area is 98.7 Å². The predicted molar refractivity (Wildman–Crippen MR) is 63.4 cm³/mol. The molecule has 0 saturated carbocycles. The first kappa shape index (κ1) is 11.5. The van der Waals surface area contributed by atoms with Gasteiger partial charge in [-0.05, 0) is 12.1 Å². The normalized spacial score (nSPS) is 17.3. The molecule has 0 amide bonds. The summed E-state index contributed by atoms with van der Waals surface area (Å²) < 4.78 is 34.3. The van der Waals surface area contributed by atoms with Crippen molar-refractivity contribution in [2.45, 2.75) is 0 Å². The van der Waals surface area contributed by atoms with Gasteiger partial charge in [-0.1, -0.05) is 0 Å². The average molecular weight is 254 g/mol. The lowest BCUT2D eigenvalue weighted by molar-refractivity contribution is 0.412. The van der Waals surface area contributed by atoms with Crippen LogP contribution in [0.3, 0.4) is 0 Å². The number of rotatable bonds is 1. The maximum absolute atomic E-state index is 11.3. The lowest BCUT2D eigenvalue weighted by atomic mass is 10.3. The van der Waals surface area contributed by atoms with Crippen LogP contribution in [0, 0.1) is 0 Å². The van der Waals surface area contributed by atoms with E-state index in [0.29, 0.717) is 0 Å². The molecule has 0 aromatic carbocycles. The van der Waals surface area contributed by atoms with Crippen LogP contribution in [0.4, 0.5) is 5.69 Å². The Hall–Kier alpha value is -1.96. The third kappa shape index (κ3) is 2.26. The Kier molecular flexibility index (Phi) is 2.80. The van der Waals surface area contributed by atoms with Gasteiger partial charge < -0.3 is 9.64 Å². The molecule has 0 bridgehead atoms. The highest BCUT2D eigenvalue weighted by atomic mass is 32.2. The van der Waals surface area contributed by atoms with Crippen molar-refractivity contribution < 1.29 is 13.2 Å². The lowest BCUT2D eigenvalue weighted by Crippen LogP contribution is -2.32. The van der Waals surface area contributed by atoms with Gasteiger partial charge in [0.1, 0.15) is 0 Å². The monoisotopic (exact) mass is 254 g/mol. The van der Waals surface area contributed by atoms with Crippen molar-refractivity contribution in [3.8, 4) is 0 Å². The molecule has 0 atom stereocenters. The molecule has 0 spiro atoms. The molecule has 1 aromatic heterocycles. The minimum Gasteiger partial charge on any atom is -0.478 e. The first-order chi connectivity index (χ1) is 8.03. The van der Waals surface area contributed by atoms with Crippen LogP contribution >= 0.6 is 0 Å². The van der Waals surface area contributed by atoms with Crippen molar-refractivity contribution >= 4 is 27.6 Å². The highest BCUT2D eigenvalue weighted by Crippen LogP contribution is 2.16. The highest BCUT2D eigenvalue weighted by Gasteiger charge is 2.28. The smallest absolute Gasteiger partial charge is 0.368 e. The van der Waals surface area contributed by atoms with E-state index in [9.17, 15) is 8.42 Å². The van der Waals surface area contributed by atoms with Crippen molar-refractivity contribution in [1.29, 1.82) is 0 Å². The molecular weight excluding hydrogens is 244 g/mol. The van der Waals surface area contributed by atoms with Crippen LogP contribution in [0.15, 0.2) is 33.3 Å². The van der Waals surface area contributed by atoms with Crippen LogP contribution in [-0.4, -0.2) is 39.3 Å². The number of methoxy groups -OCH3 is 1. The second-order valence-corrected chi connectivity index (χ2v) is 4.49. The molecule has 90 valence electrons. The quantitative estimate of drug-likeness (QED) is 0.715. The number of aromatic nitrogens is 1. The second kappa shape index (κ2) is 4.13. The number of ether oxygens (including phenoxy) is 1. The summed E-state index contributed by atoms with van der Waals surface area (Å²) in [5.41, 5.74) is 0.737. The minimum absolute atomic E-state index is 0.0238. The van der Waals surface area contributed by atoms with Crippen LogP contribution in [0.2, 0.25) is 0 Å². The summed E-state index contributed by atoms with van der Waals surface area (Å²) in [6.07, 6.45) is 3.19. The van der Waals surface area contributed by atoms with E-state index in [1.807, 2.05) is 0 Å². The zero-order valence-corrected chi connectivity index (χ0v) is 10.0. The van der Waals surface area contributed by atoms with E-state index >= 15 is 0 Å². The molecule has 0 N–H and O–H groups in total. The van der Waals surface area contributed by atoms with Gasteiger partial charge in [-0.25, -0.2) is 0 Å². The lowest BCUT2D eigenvalue weighted by Gasteiger charge is -2.17. The minimum atomic E-state index is -3.82. The first-order valence-corrected chi connectivity index (χ1v) is 6.06. The Bertz CT molecular complexity index is 580. The molecule has 0 radical (unpaired) electrons. The summed E-state index contributed by atoms with van der Waals surface area (Å²) in [5.74, 6) is 0.128. The second-order valence-electron chi connectivity index (χ2n) is 3.23. The van der Waals surface area contributed by atoms with Crippen molar-refractivity contribution in [2.75, 3.05) is 19.1 Å². The van der Waals surface area contributed by atoms with E-state index in [1.165, 1.54) is 7.11 Å². The number of hydrogen-bond acceptors (Lipinski definition) is 5. The van der Waals surface area contributed by atoms with Gasteiger partial charge in [-0.15, -0.1) is 8.80 Å². The van der Waals surface area contributed by atoms with Crippen LogP contribution in [0.5, 0.6) is 0 Å². The molecule has 1 aliphatic heterocycles. The van der Waals surface area contributed by atoms with Crippen molar-refractivity contribution in [1.82, 2.24) is 4.98 Å².